The largest absolute Gasteiger partial charge is 0.469 e. The maximum absolute atomic E-state index is 12.0. The second-order valence-corrected chi connectivity index (χ2v) is 6.52. The first-order valence-corrected chi connectivity index (χ1v) is 6.78. The van der Waals surface area contributed by atoms with E-state index in [0.29, 0.717) is 6.42 Å². The van der Waals surface area contributed by atoms with Gasteiger partial charge < -0.3 is 15.0 Å². The quantitative estimate of drug-likeness (QED) is 0.778. The summed E-state index contributed by atoms with van der Waals surface area (Å²) in [6.07, 6.45) is 1.25. The fourth-order valence-electron chi connectivity index (χ4n) is 2.42. The Bertz CT molecular complexity index is 336. The minimum atomic E-state index is -0.381. The van der Waals surface area contributed by atoms with Gasteiger partial charge in [0.15, 0.2) is 0 Å². The third-order valence-electron chi connectivity index (χ3n) is 3.42. The van der Waals surface area contributed by atoms with E-state index < -0.39 is 0 Å². The molecule has 0 saturated carbocycles. The summed E-state index contributed by atoms with van der Waals surface area (Å²) < 4.78 is 4.71. The predicted molar refractivity (Wildman–Crippen MR) is 73.6 cm³/mol. The molecule has 1 aliphatic heterocycles. The van der Waals surface area contributed by atoms with Gasteiger partial charge in [0.1, 0.15) is 0 Å². The van der Waals surface area contributed by atoms with Crippen LogP contribution >= 0.6 is 0 Å². The maximum atomic E-state index is 12.0. The molecule has 19 heavy (non-hydrogen) atoms. The summed E-state index contributed by atoms with van der Waals surface area (Å²) in [6.45, 7) is 7.42. The highest BCUT2D eigenvalue weighted by molar-refractivity contribution is 5.81. The Morgan fingerprint density at radius 3 is 2.47 bits per heavy atom. The number of rotatable bonds is 3. The number of hydrogen-bond acceptors (Lipinski definition) is 4. The van der Waals surface area contributed by atoms with E-state index in [2.05, 4.69) is 10.2 Å². The lowest BCUT2D eigenvalue weighted by molar-refractivity contribution is -0.142. The van der Waals surface area contributed by atoms with Crippen molar-refractivity contribution >= 4 is 11.9 Å². The second kappa shape index (κ2) is 6.37. The van der Waals surface area contributed by atoms with Crippen molar-refractivity contribution in [1.29, 1.82) is 0 Å². The van der Waals surface area contributed by atoms with Crippen LogP contribution in [0.5, 0.6) is 0 Å². The molecule has 0 aromatic carbocycles. The fourth-order valence-corrected chi connectivity index (χ4v) is 2.42. The number of likely N-dealkylation sites (N-methyl/N-ethyl adjacent to an activating group) is 1. The molecule has 1 saturated heterocycles. The Morgan fingerprint density at radius 2 is 1.95 bits per heavy atom. The summed E-state index contributed by atoms with van der Waals surface area (Å²) >= 11 is 0. The van der Waals surface area contributed by atoms with Crippen LogP contribution in [-0.2, 0) is 14.3 Å². The van der Waals surface area contributed by atoms with E-state index in [0.717, 1.165) is 19.5 Å². The zero-order chi connectivity index (χ0) is 14.6. The van der Waals surface area contributed by atoms with Gasteiger partial charge in [0, 0.05) is 31.0 Å². The van der Waals surface area contributed by atoms with Crippen molar-refractivity contribution in [3.63, 3.8) is 0 Å². The molecule has 1 fully saturated rings. The zero-order valence-corrected chi connectivity index (χ0v) is 12.7. The Balaban J connectivity index is 2.55. The lowest BCUT2D eigenvalue weighted by Crippen LogP contribution is -2.52. The molecule has 0 aromatic heterocycles. The summed E-state index contributed by atoms with van der Waals surface area (Å²) in [5.74, 6) is 0.127. The van der Waals surface area contributed by atoms with Crippen molar-refractivity contribution in [3.8, 4) is 0 Å². The first-order chi connectivity index (χ1) is 8.72. The Hall–Kier alpha value is -1.10. The molecule has 5 heteroatoms. The third-order valence-corrected chi connectivity index (χ3v) is 3.42. The average Bonchev–Trinajstić information content (AvgIpc) is 2.26. The predicted octanol–water partition coefficient (Wildman–Crippen LogP) is 1.03. The Labute approximate surface area is 115 Å². The molecule has 0 radical (unpaired) electrons. The number of carbonyl (C=O) groups excluding carboxylic acids is 2. The number of nitrogens with zero attached hydrogens (tertiary/aromatic N) is 1. The van der Waals surface area contributed by atoms with Crippen LogP contribution in [0.3, 0.4) is 0 Å². The first kappa shape index (κ1) is 16.0. The van der Waals surface area contributed by atoms with Crippen LogP contribution in [-0.4, -0.2) is 50.1 Å². The first-order valence-electron chi connectivity index (χ1n) is 6.78. The number of amides is 1. The molecule has 2 unspecified atom stereocenters. The molecule has 5 nitrogen and oxygen atoms in total. The van der Waals surface area contributed by atoms with E-state index in [1.54, 1.807) is 0 Å². The van der Waals surface area contributed by atoms with E-state index in [-0.39, 0.29) is 29.3 Å². The highest BCUT2D eigenvalue weighted by Crippen LogP contribution is 2.21. The molecule has 1 N–H and O–H groups in total. The zero-order valence-electron chi connectivity index (χ0n) is 12.7. The van der Waals surface area contributed by atoms with Gasteiger partial charge in [0.05, 0.1) is 7.11 Å². The summed E-state index contributed by atoms with van der Waals surface area (Å²) in [6, 6.07) is 0.111. The van der Waals surface area contributed by atoms with Crippen molar-refractivity contribution < 1.29 is 14.3 Å². The number of ether oxygens (including phenoxy) is 1. The van der Waals surface area contributed by atoms with Crippen molar-refractivity contribution in [2.45, 2.75) is 39.7 Å². The monoisotopic (exact) mass is 270 g/mol. The van der Waals surface area contributed by atoms with Gasteiger partial charge >= 0.3 is 5.97 Å². The van der Waals surface area contributed by atoms with E-state index in [1.165, 1.54) is 7.11 Å². The summed E-state index contributed by atoms with van der Waals surface area (Å²) in [5, 5.41) is 3.08. The van der Waals surface area contributed by atoms with Crippen molar-refractivity contribution in [2.75, 3.05) is 27.2 Å². The normalized spacial score (nSPS) is 24.9. The average molecular weight is 270 g/mol. The smallest absolute Gasteiger partial charge is 0.305 e. The van der Waals surface area contributed by atoms with Gasteiger partial charge in [0.2, 0.25) is 5.91 Å². The fraction of sp³-hybridized carbons (Fsp3) is 0.857. The Morgan fingerprint density at radius 1 is 1.32 bits per heavy atom. The summed E-state index contributed by atoms with van der Waals surface area (Å²) in [4.78, 5) is 25.5. The van der Waals surface area contributed by atoms with E-state index in [1.807, 2.05) is 27.8 Å². The molecule has 0 bridgehead atoms. The topological polar surface area (TPSA) is 58.6 Å². The van der Waals surface area contributed by atoms with Gasteiger partial charge in [-0.1, -0.05) is 20.8 Å². The number of likely N-dealkylation sites (tertiary alicyclic amines) is 1. The van der Waals surface area contributed by atoms with E-state index in [9.17, 15) is 9.59 Å². The van der Waals surface area contributed by atoms with Crippen LogP contribution in [0, 0.1) is 11.3 Å². The minimum Gasteiger partial charge on any atom is -0.469 e. The molecule has 0 aliphatic carbocycles. The lowest BCUT2D eigenvalue weighted by atomic mass is 9.90. The van der Waals surface area contributed by atoms with Crippen molar-refractivity contribution in [1.82, 2.24) is 10.2 Å². The van der Waals surface area contributed by atoms with Crippen LogP contribution in [0.4, 0.5) is 0 Å². The molecular weight excluding hydrogens is 244 g/mol. The van der Waals surface area contributed by atoms with Gasteiger partial charge in [-0.15, -0.1) is 0 Å². The molecule has 0 spiro atoms. The number of carbonyl (C=O) groups is 2. The van der Waals surface area contributed by atoms with Gasteiger partial charge in [-0.05, 0) is 19.4 Å². The third kappa shape index (κ3) is 5.19. The van der Waals surface area contributed by atoms with Crippen LogP contribution < -0.4 is 5.32 Å². The lowest BCUT2D eigenvalue weighted by Gasteiger charge is -2.36. The molecule has 1 aliphatic rings. The van der Waals surface area contributed by atoms with Gasteiger partial charge in [-0.2, -0.15) is 0 Å². The molecule has 1 heterocycles. The SMILES string of the molecule is COC(=O)CC1CC(NC(=O)C(C)(C)C)CN(C)C1. The van der Waals surface area contributed by atoms with Gasteiger partial charge in [-0.3, -0.25) is 9.59 Å². The molecule has 0 aromatic rings. The van der Waals surface area contributed by atoms with Crippen molar-refractivity contribution in [3.05, 3.63) is 0 Å². The standard InChI is InChI=1S/C14H26N2O3/c1-14(2,3)13(18)15-11-6-10(7-12(17)19-5)8-16(4)9-11/h10-11H,6-9H2,1-5H3,(H,15,18). The van der Waals surface area contributed by atoms with Crippen LogP contribution in [0.2, 0.25) is 0 Å². The van der Waals surface area contributed by atoms with E-state index >= 15 is 0 Å². The van der Waals surface area contributed by atoms with Crippen molar-refractivity contribution in [2.24, 2.45) is 11.3 Å². The molecular formula is C14H26N2O3. The number of piperidine rings is 1. The highest BCUT2D eigenvalue weighted by atomic mass is 16.5. The highest BCUT2D eigenvalue weighted by Gasteiger charge is 2.30. The number of esters is 1. The molecule has 1 amide bonds. The van der Waals surface area contributed by atoms with Crippen LogP contribution in [0.25, 0.3) is 0 Å². The number of methoxy groups -OCH3 is 1. The Kier molecular flexibility index (Phi) is 5.35. The van der Waals surface area contributed by atoms with Crippen LogP contribution in [0.15, 0.2) is 0 Å². The van der Waals surface area contributed by atoms with E-state index in [4.69, 9.17) is 4.74 Å². The second-order valence-electron chi connectivity index (χ2n) is 6.52. The summed E-state index contributed by atoms with van der Waals surface area (Å²) in [5.41, 5.74) is -0.381. The maximum Gasteiger partial charge on any atom is 0.305 e. The molecule has 2 atom stereocenters. The van der Waals surface area contributed by atoms with Gasteiger partial charge in [0.25, 0.3) is 0 Å². The van der Waals surface area contributed by atoms with Crippen LogP contribution in [0.1, 0.15) is 33.6 Å². The minimum absolute atomic E-state index is 0.0598. The molecule has 110 valence electrons. The molecule has 1 rings (SSSR count). The van der Waals surface area contributed by atoms with Gasteiger partial charge in [-0.25, -0.2) is 0 Å². The number of hydrogen-bond donors (Lipinski definition) is 1. The summed E-state index contributed by atoms with van der Waals surface area (Å²) in [7, 11) is 3.42. The number of nitrogens with one attached hydrogen (secondary N) is 1.